The Hall–Kier alpha value is -7.21. The molecule has 1 unspecified atom stereocenters. The lowest BCUT2D eigenvalue weighted by atomic mass is 9.68. The van der Waals surface area contributed by atoms with Crippen LogP contribution in [-0.2, 0) is 42.9 Å². The van der Waals surface area contributed by atoms with E-state index in [1.807, 2.05) is 11.9 Å². The van der Waals surface area contributed by atoms with Crippen LogP contribution in [-0.4, -0.2) is 139 Å². The molecule has 5 atom stereocenters. The molecule has 1 saturated carbocycles. The number of likely N-dealkylation sites (tertiary alicyclic amines) is 1. The summed E-state index contributed by atoms with van der Waals surface area (Å²) in [5, 5.41) is 20.0. The van der Waals surface area contributed by atoms with Gasteiger partial charge in [-0.3, -0.25) is 28.9 Å². The predicted octanol–water partition coefficient (Wildman–Crippen LogP) is 3.55. The molecule has 2 saturated heterocycles. The van der Waals surface area contributed by atoms with Crippen LogP contribution in [0.2, 0.25) is 0 Å². The number of hydrogen-bond donors (Lipinski definition) is 5. The van der Waals surface area contributed by atoms with Gasteiger partial charge >= 0.3 is 24.2 Å². The summed E-state index contributed by atoms with van der Waals surface area (Å²) in [5.74, 6) is -3.09. The van der Waals surface area contributed by atoms with Crippen molar-refractivity contribution in [3.63, 3.8) is 0 Å². The van der Waals surface area contributed by atoms with E-state index in [1.54, 1.807) is 56.9 Å². The van der Waals surface area contributed by atoms with Crippen LogP contribution in [0.15, 0.2) is 61.2 Å². The SMILES string of the molecule is C=CCOC(=O)C1(C(=O)N[C@@H](CCCNC(N)=O)C(=O)Nc2ccc(C(OC(=O)O[C@@H]3C[C@@H](C(=O)N[C@@H](C)c4ccc(C#N)cc4)N(C(=O)OC(C)(C)C)C3)C(=O)N3CCN(C)CC3)cc2)CCC1. The molecule has 0 aromatic heterocycles. The molecule has 3 aliphatic rings. The van der Waals surface area contributed by atoms with E-state index in [9.17, 15) is 43.6 Å². The number of nitrogens with one attached hydrogen (secondary N) is 4. The minimum Gasteiger partial charge on any atom is -0.461 e. The maximum atomic E-state index is 14.1. The monoisotopic (exact) mass is 957 g/mol. The van der Waals surface area contributed by atoms with Gasteiger partial charge in [0.15, 0.2) is 0 Å². The van der Waals surface area contributed by atoms with Crippen LogP contribution in [0.5, 0.6) is 0 Å². The average Bonchev–Trinajstić information content (AvgIpc) is 3.72. The third-order valence-corrected chi connectivity index (χ3v) is 12.0. The fourth-order valence-corrected chi connectivity index (χ4v) is 7.99. The predicted molar refractivity (Wildman–Crippen MR) is 248 cm³/mol. The molecule has 5 rings (SSSR count). The molecule has 0 radical (unpaired) electrons. The number of carbonyl (C=O) groups is 8. The second-order valence-electron chi connectivity index (χ2n) is 18.4. The number of anilines is 1. The Bertz CT molecular complexity index is 2250. The Kier molecular flexibility index (Phi) is 18.1. The molecule has 2 heterocycles. The lowest BCUT2D eigenvalue weighted by Crippen LogP contribution is -2.56. The number of nitrogens with two attached hydrogens (primary N) is 1. The number of ether oxygens (including phenoxy) is 4. The summed E-state index contributed by atoms with van der Waals surface area (Å²) in [7, 11) is 1.92. The summed E-state index contributed by atoms with van der Waals surface area (Å²) in [5.41, 5.74) is 4.48. The highest BCUT2D eigenvalue weighted by Crippen LogP contribution is 2.42. The number of likely N-dealkylation sites (N-methyl/N-ethyl adjacent to an activating group) is 1. The second-order valence-corrected chi connectivity index (χ2v) is 18.4. The first kappa shape index (κ1) is 52.8. The van der Waals surface area contributed by atoms with Crippen molar-refractivity contribution in [3.05, 3.63) is 77.9 Å². The minimum absolute atomic E-state index is 0.0605. The largest absolute Gasteiger partial charge is 0.509 e. The number of rotatable bonds is 18. The van der Waals surface area contributed by atoms with Crippen molar-refractivity contribution >= 4 is 53.6 Å². The summed E-state index contributed by atoms with van der Waals surface area (Å²) in [6.07, 6.45) is -1.93. The molecule has 1 aliphatic carbocycles. The minimum atomic E-state index is -1.51. The lowest BCUT2D eigenvalue weighted by molar-refractivity contribution is -0.167. The molecule has 2 aliphatic heterocycles. The smallest absolute Gasteiger partial charge is 0.461 e. The van der Waals surface area contributed by atoms with Crippen LogP contribution in [0.1, 0.15) is 95.1 Å². The average molecular weight is 958 g/mol. The number of primary amides is 1. The molecule has 69 heavy (non-hydrogen) atoms. The van der Waals surface area contributed by atoms with Crippen molar-refractivity contribution in [3.8, 4) is 6.07 Å². The summed E-state index contributed by atoms with van der Waals surface area (Å²) in [4.78, 5) is 111. The zero-order valence-electron chi connectivity index (χ0n) is 39.7. The van der Waals surface area contributed by atoms with Crippen molar-refractivity contribution in [2.24, 2.45) is 11.1 Å². The van der Waals surface area contributed by atoms with Crippen LogP contribution >= 0.6 is 0 Å². The number of hydrogen-bond acceptors (Lipinski definition) is 14. The number of esters is 1. The Labute approximate surface area is 401 Å². The van der Waals surface area contributed by atoms with Gasteiger partial charge in [0.05, 0.1) is 24.2 Å². The standard InChI is InChI=1S/C48H63N9O12/c1-7-26-66-43(62)48(19-9-20-48)42(61)54-36(10-8-21-51-44(50)63)39(58)53-34-17-15-33(16-18-34)38(41(60)56-24-22-55(6)23-25-56)68-46(65)67-35-27-37(57(29-35)45(64)69-47(3,4)5)40(59)52-30(2)32-13-11-31(28-49)12-14-32/h7,11-18,30,35-38H,1,8-10,19-27,29H2,2-6H3,(H,52,59)(H,53,58)(H,54,61)(H3,50,51,63)/t30-,35+,36-,37-,38?/m0/s1. The number of benzene rings is 2. The van der Waals surface area contributed by atoms with Crippen LogP contribution in [0, 0.1) is 16.7 Å². The summed E-state index contributed by atoms with van der Waals surface area (Å²) < 4.78 is 22.3. The lowest BCUT2D eigenvalue weighted by Gasteiger charge is -2.38. The number of carbonyl (C=O) groups excluding carboxylic acids is 8. The normalized spacial score (nSPS) is 18.9. The van der Waals surface area contributed by atoms with Gasteiger partial charge in [0, 0.05) is 50.4 Å². The van der Waals surface area contributed by atoms with Crippen molar-refractivity contribution < 1.29 is 57.3 Å². The zero-order chi connectivity index (χ0) is 50.5. The van der Waals surface area contributed by atoms with E-state index in [4.69, 9.17) is 24.7 Å². The first-order valence-corrected chi connectivity index (χ1v) is 22.9. The quantitative estimate of drug-likeness (QED) is 0.0470. The van der Waals surface area contributed by atoms with Crippen LogP contribution in [0.3, 0.4) is 0 Å². The summed E-state index contributed by atoms with van der Waals surface area (Å²) in [6.45, 7) is 12.0. The molecule has 6 N–H and O–H groups in total. The van der Waals surface area contributed by atoms with Gasteiger partial charge in [0.2, 0.25) is 23.8 Å². The first-order valence-electron chi connectivity index (χ1n) is 22.9. The third-order valence-electron chi connectivity index (χ3n) is 12.0. The first-order chi connectivity index (χ1) is 32.7. The Balaban J connectivity index is 1.31. The number of urea groups is 1. The maximum absolute atomic E-state index is 14.1. The Morgan fingerprint density at radius 3 is 2.19 bits per heavy atom. The van der Waals surface area contributed by atoms with Gasteiger partial charge in [-0.05, 0) is 90.3 Å². The van der Waals surface area contributed by atoms with E-state index < -0.39 is 89.2 Å². The molecular formula is C48H63N9O12. The van der Waals surface area contributed by atoms with Gasteiger partial charge in [0.1, 0.15) is 35.8 Å². The molecule has 2 aromatic rings. The summed E-state index contributed by atoms with van der Waals surface area (Å²) >= 11 is 0. The van der Waals surface area contributed by atoms with Gasteiger partial charge in [-0.2, -0.15) is 5.26 Å². The number of piperazine rings is 1. The van der Waals surface area contributed by atoms with Crippen LogP contribution in [0.4, 0.5) is 20.1 Å². The van der Waals surface area contributed by atoms with Crippen molar-refractivity contribution in [1.82, 2.24) is 30.7 Å². The van der Waals surface area contributed by atoms with Crippen LogP contribution in [0.25, 0.3) is 0 Å². The van der Waals surface area contributed by atoms with E-state index in [1.165, 1.54) is 35.2 Å². The van der Waals surface area contributed by atoms with E-state index in [0.29, 0.717) is 43.7 Å². The van der Waals surface area contributed by atoms with E-state index in [0.717, 1.165) is 0 Å². The molecule has 372 valence electrons. The number of amides is 7. The maximum Gasteiger partial charge on any atom is 0.509 e. The van der Waals surface area contributed by atoms with Crippen molar-refractivity contribution in [2.75, 3.05) is 58.2 Å². The van der Waals surface area contributed by atoms with Crippen LogP contribution < -0.4 is 27.0 Å². The Morgan fingerprint density at radius 2 is 1.61 bits per heavy atom. The molecule has 2 aromatic carbocycles. The number of nitrogens with zero attached hydrogens (tertiary/aromatic N) is 4. The number of nitriles is 1. The molecule has 21 nitrogen and oxygen atoms in total. The van der Waals surface area contributed by atoms with E-state index >= 15 is 0 Å². The highest BCUT2D eigenvalue weighted by atomic mass is 16.7. The topological polar surface area (TPSA) is 281 Å². The molecule has 7 amide bonds. The zero-order valence-corrected chi connectivity index (χ0v) is 39.7. The van der Waals surface area contributed by atoms with Gasteiger partial charge in [-0.1, -0.05) is 43.3 Å². The van der Waals surface area contributed by atoms with E-state index in [2.05, 4.69) is 33.9 Å². The van der Waals surface area contributed by atoms with E-state index in [-0.39, 0.29) is 63.1 Å². The third kappa shape index (κ3) is 14.4. The van der Waals surface area contributed by atoms with Gasteiger partial charge in [-0.15, -0.1) is 0 Å². The molecule has 21 heteroatoms. The van der Waals surface area contributed by atoms with Crippen molar-refractivity contribution in [2.45, 2.75) is 102 Å². The fraction of sp³-hybridized carbons (Fsp3) is 0.521. The highest BCUT2D eigenvalue weighted by molar-refractivity contribution is 6.06. The van der Waals surface area contributed by atoms with Gasteiger partial charge < -0.3 is 55.7 Å². The highest BCUT2D eigenvalue weighted by Gasteiger charge is 2.53. The Morgan fingerprint density at radius 1 is 0.957 bits per heavy atom. The van der Waals surface area contributed by atoms with Gasteiger partial charge in [0.25, 0.3) is 5.91 Å². The second kappa shape index (κ2) is 23.7. The molecular weight excluding hydrogens is 895 g/mol. The summed E-state index contributed by atoms with van der Waals surface area (Å²) in [6, 6.07) is 11.1. The molecule has 0 bridgehead atoms. The molecule has 0 spiro atoms. The fourth-order valence-electron chi connectivity index (χ4n) is 7.99. The van der Waals surface area contributed by atoms with Gasteiger partial charge in [-0.25, -0.2) is 14.4 Å². The van der Waals surface area contributed by atoms with Crippen molar-refractivity contribution in [1.29, 1.82) is 5.26 Å². The molecule has 3 fully saturated rings.